The van der Waals surface area contributed by atoms with E-state index in [1.54, 1.807) is 0 Å². The van der Waals surface area contributed by atoms with Gasteiger partial charge in [0.1, 0.15) is 6.04 Å². The molecule has 2 N–H and O–H groups in total. The lowest BCUT2D eigenvalue weighted by Gasteiger charge is -2.29. The zero-order chi connectivity index (χ0) is 16.8. The van der Waals surface area contributed by atoms with Gasteiger partial charge in [-0.2, -0.15) is 0 Å². The lowest BCUT2D eigenvalue weighted by Crippen LogP contribution is -2.39. The van der Waals surface area contributed by atoms with Gasteiger partial charge in [-0.1, -0.05) is 48.5 Å². The number of carbonyl (C=O) groups is 2. The Morgan fingerprint density at radius 1 is 1.00 bits per heavy atom. The van der Waals surface area contributed by atoms with Crippen molar-refractivity contribution in [2.24, 2.45) is 0 Å². The molecule has 2 aromatic rings. The number of benzene rings is 2. The fraction of sp³-hybridized carbons (Fsp3) is 0.263. The standard InChI is InChI=1S/C19H21N3O2/c23-17-11-13-22(14-12-20-17)18(15-7-3-1-4-8-15)19(24)21-16-9-5-2-6-10-16/h1-10,18H,11-14H2,(H,20,23)(H,21,24). The highest BCUT2D eigenvalue weighted by atomic mass is 16.2. The normalized spacial score (nSPS) is 16.8. The Bertz CT molecular complexity index is 688. The monoisotopic (exact) mass is 323 g/mol. The van der Waals surface area contributed by atoms with Crippen LogP contribution in [0.4, 0.5) is 5.69 Å². The summed E-state index contributed by atoms with van der Waals surface area (Å²) in [4.78, 5) is 26.6. The van der Waals surface area contributed by atoms with Crippen LogP contribution in [0.15, 0.2) is 60.7 Å². The van der Waals surface area contributed by atoms with E-state index >= 15 is 0 Å². The number of carbonyl (C=O) groups excluding carboxylic acids is 2. The Labute approximate surface area is 141 Å². The molecule has 24 heavy (non-hydrogen) atoms. The second-order valence-corrected chi connectivity index (χ2v) is 5.80. The molecule has 1 heterocycles. The summed E-state index contributed by atoms with van der Waals surface area (Å²) in [5.74, 6) is -0.0467. The quantitative estimate of drug-likeness (QED) is 0.907. The number of nitrogens with zero attached hydrogens (tertiary/aromatic N) is 1. The van der Waals surface area contributed by atoms with Crippen LogP contribution in [0.1, 0.15) is 18.0 Å². The maximum absolute atomic E-state index is 12.9. The molecule has 0 saturated carbocycles. The molecule has 5 heteroatoms. The van der Waals surface area contributed by atoms with E-state index < -0.39 is 6.04 Å². The van der Waals surface area contributed by atoms with E-state index in [-0.39, 0.29) is 11.8 Å². The Morgan fingerprint density at radius 3 is 2.38 bits per heavy atom. The molecule has 1 saturated heterocycles. The lowest BCUT2D eigenvalue weighted by molar-refractivity contribution is -0.123. The van der Waals surface area contributed by atoms with Crippen molar-refractivity contribution in [3.05, 3.63) is 66.2 Å². The van der Waals surface area contributed by atoms with Gasteiger partial charge in [0.2, 0.25) is 11.8 Å². The van der Waals surface area contributed by atoms with Crippen molar-refractivity contribution in [1.29, 1.82) is 0 Å². The van der Waals surface area contributed by atoms with Gasteiger partial charge in [-0.15, -0.1) is 0 Å². The van der Waals surface area contributed by atoms with Crippen molar-refractivity contribution >= 4 is 17.5 Å². The van der Waals surface area contributed by atoms with E-state index in [9.17, 15) is 9.59 Å². The molecule has 0 radical (unpaired) electrons. The SMILES string of the molecule is O=C1CCN(C(C(=O)Nc2ccccc2)c2ccccc2)CCN1. The first-order valence-electron chi connectivity index (χ1n) is 8.15. The van der Waals surface area contributed by atoms with Gasteiger partial charge in [0.05, 0.1) is 0 Å². The van der Waals surface area contributed by atoms with E-state index in [0.717, 1.165) is 11.3 Å². The molecular weight excluding hydrogens is 302 g/mol. The number of nitrogens with one attached hydrogen (secondary N) is 2. The largest absolute Gasteiger partial charge is 0.355 e. The minimum Gasteiger partial charge on any atom is -0.355 e. The third kappa shape index (κ3) is 4.00. The molecule has 1 fully saturated rings. The highest BCUT2D eigenvalue weighted by molar-refractivity contribution is 5.95. The summed E-state index contributed by atoms with van der Waals surface area (Å²) >= 11 is 0. The number of rotatable bonds is 4. The van der Waals surface area contributed by atoms with E-state index in [4.69, 9.17) is 0 Å². The molecular formula is C19H21N3O2. The molecule has 2 aromatic carbocycles. The molecule has 2 amide bonds. The van der Waals surface area contributed by atoms with Crippen molar-refractivity contribution < 1.29 is 9.59 Å². The van der Waals surface area contributed by atoms with Gasteiger partial charge in [0.15, 0.2) is 0 Å². The Kier molecular flexibility index (Phi) is 5.23. The fourth-order valence-electron chi connectivity index (χ4n) is 2.94. The third-order valence-corrected chi connectivity index (χ3v) is 4.12. The highest BCUT2D eigenvalue weighted by Gasteiger charge is 2.29. The first-order chi connectivity index (χ1) is 11.7. The molecule has 0 bridgehead atoms. The van der Waals surface area contributed by atoms with Crippen LogP contribution in [-0.4, -0.2) is 36.3 Å². The summed E-state index contributed by atoms with van der Waals surface area (Å²) in [6.45, 7) is 1.77. The number of hydrogen-bond acceptors (Lipinski definition) is 3. The predicted octanol–water partition coefficient (Wildman–Crippen LogP) is 2.19. The summed E-state index contributed by atoms with van der Waals surface area (Å²) in [7, 11) is 0. The first-order valence-corrected chi connectivity index (χ1v) is 8.15. The van der Waals surface area contributed by atoms with Crippen LogP contribution in [0.2, 0.25) is 0 Å². The van der Waals surface area contributed by atoms with Crippen LogP contribution in [0.25, 0.3) is 0 Å². The van der Waals surface area contributed by atoms with Gasteiger partial charge in [-0.3, -0.25) is 14.5 Å². The number of para-hydroxylation sites is 1. The van der Waals surface area contributed by atoms with Gasteiger partial charge < -0.3 is 10.6 Å². The minimum atomic E-state index is -0.417. The minimum absolute atomic E-state index is 0.0350. The molecule has 1 aliphatic rings. The molecule has 0 spiro atoms. The summed E-state index contributed by atoms with van der Waals surface area (Å²) in [6, 6.07) is 18.7. The zero-order valence-electron chi connectivity index (χ0n) is 13.4. The molecule has 1 atom stereocenters. The number of amides is 2. The smallest absolute Gasteiger partial charge is 0.246 e. The van der Waals surface area contributed by atoms with Crippen molar-refractivity contribution in [2.75, 3.05) is 25.0 Å². The van der Waals surface area contributed by atoms with E-state index in [2.05, 4.69) is 15.5 Å². The molecule has 3 rings (SSSR count). The molecule has 124 valence electrons. The van der Waals surface area contributed by atoms with Crippen LogP contribution in [0.5, 0.6) is 0 Å². The molecule has 0 aliphatic carbocycles. The van der Waals surface area contributed by atoms with Crippen LogP contribution >= 0.6 is 0 Å². The van der Waals surface area contributed by atoms with Crippen molar-refractivity contribution in [3.63, 3.8) is 0 Å². The van der Waals surface area contributed by atoms with Crippen LogP contribution in [0, 0.1) is 0 Å². The van der Waals surface area contributed by atoms with E-state index in [1.807, 2.05) is 60.7 Å². The summed E-state index contributed by atoms with van der Waals surface area (Å²) in [5.41, 5.74) is 1.70. The molecule has 1 aliphatic heterocycles. The number of anilines is 1. The van der Waals surface area contributed by atoms with E-state index in [0.29, 0.717) is 26.1 Å². The van der Waals surface area contributed by atoms with Crippen molar-refractivity contribution in [1.82, 2.24) is 10.2 Å². The highest BCUT2D eigenvalue weighted by Crippen LogP contribution is 2.23. The number of hydrogen-bond donors (Lipinski definition) is 2. The summed E-state index contributed by atoms with van der Waals surface area (Å²) in [5, 5.41) is 5.84. The van der Waals surface area contributed by atoms with Gasteiger partial charge in [0.25, 0.3) is 0 Å². The second-order valence-electron chi connectivity index (χ2n) is 5.80. The third-order valence-electron chi connectivity index (χ3n) is 4.12. The lowest BCUT2D eigenvalue weighted by atomic mass is 10.0. The van der Waals surface area contributed by atoms with E-state index in [1.165, 1.54) is 0 Å². The van der Waals surface area contributed by atoms with Gasteiger partial charge in [0, 0.05) is 31.7 Å². The fourth-order valence-corrected chi connectivity index (χ4v) is 2.94. The average Bonchev–Trinajstić information content (AvgIpc) is 2.82. The van der Waals surface area contributed by atoms with Gasteiger partial charge >= 0.3 is 0 Å². The molecule has 5 nitrogen and oxygen atoms in total. The van der Waals surface area contributed by atoms with Crippen LogP contribution in [-0.2, 0) is 9.59 Å². The summed E-state index contributed by atoms with van der Waals surface area (Å²) < 4.78 is 0. The average molecular weight is 323 g/mol. The van der Waals surface area contributed by atoms with Crippen LogP contribution < -0.4 is 10.6 Å². The van der Waals surface area contributed by atoms with Crippen LogP contribution in [0.3, 0.4) is 0 Å². The molecule has 1 unspecified atom stereocenters. The van der Waals surface area contributed by atoms with Crippen molar-refractivity contribution in [2.45, 2.75) is 12.5 Å². The molecule has 0 aromatic heterocycles. The second kappa shape index (κ2) is 7.75. The maximum atomic E-state index is 12.9. The maximum Gasteiger partial charge on any atom is 0.246 e. The topological polar surface area (TPSA) is 61.4 Å². The Hall–Kier alpha value is -2.66. The van der Waals surface area contributed by atoms with Gasteiger partial charge in [-0.05, 0) is 17.7 Å². The van der Waals surface area contributed by atoms with Gasteiger partial charge in [-0.25, -0.2) is 0 Å². The van der Waals surface area contributed by atoms with Crippen molar-refractivity contribution in [3.8, 4) is 0 Å². The Morgan fingerprint density at radius 2 is 1.67 bits per heavy atom. The first kappa shape index (κ1) is 16.2. The zero-order valence-corrected chi connectivity index (χ0v) is 13.4. The summed E-state index contributed by atoms with van der Waals surface area (Å²) in [6.07, 6.45) is 0.405. The Balaban J connectivity index is 1.84. The predicted molar refractivity (Wildman–Crippen MR) is 93.5 cm³/mol.